The van der Waals surface area contributed by atoms with E-state index >= 15 is 0 Å². The first-order valence-corrected chi connectivity index (χ1v) is 12.2. The van der Waals surface area contributed by atoms with E-state index < -0.39 is 18.1 Å². The topological polar surface area (TPSA) is 66.6 Å². The number of alkyl halides is 1. The highest BCUT2D eigenvalue weighted by Gasteiger charge is 2.40. The van der Waals surface area contributed by atoms with Gasteiger partial charge >= 0.3 is 5.97 Å². The number of benzene rings is 1. The number of rotatable bonds is 4. The van der Waals surface area contributed by atoms with Crippen molar-refractivity contribution in [1.29, 1.82) is 0 Å². The predicted octanol–water partition coefficient (Wildman–Crippen LogP) is 5.50. The Morgan fingerprint density at radius 3 is 2.48 bits per heavy atom. The summed E-state index contributed by atoms with van der Waals surface area (Å²) in [6.07, 6.45) is -0.220. The van der Waals surface area contributed by atoms with Gasteiger partial charge in [0.15, 0.2) is 5.76 Å². The molecule has 1 N–H and O–H groups in total. The molecule has 4 rings (SSSR count). The predicted molar refractivity (Wildman–Crippen MR) is 123 cm³/mol. The third-order valence-electron chi connectivity index (χ3n) is 6.26. The number of aromatic nitrogens is 1. The summed E-state index contributed by atoms with van der Waals surface area (Å²) in [4.78, 5) is 19.1. The lowest BCUT2D eigenvalue weighted by atomic mass is 9.76. The SMILES string of the molecule is CC(C)(C)c1nc([C@@H]2CC[C@H](F)C[C@H]2C(=O)O)c(-c2ccc(N3CCSCC3)cc2)o1. The molecule has 31 heavy (non-hydrogen) atoms. The fourth-order valence-electron chi connectivity index (χ4n) is 4.48. The molecule has 1 aliphatic heterocycles. The van der Waals surface area contributed by atoms with Gasteiger partial charge < -0.3 is 14.4 Å². The molecule has 3 atom stereocenters. The van der Waals surface area contributed by atoms with Crippen LogP contribution in [0.3, 0.4) is 0 Å². The smallest absolute Gasteiger partial charge is 0.307 e. The van der Waals surface area contributed by atoms with Gasteiger partial charge in [-0.15, -0.1) is 0 Å². The lowest BCUT2D eigenvalue weighted by Gasteiger charge is -2.30. The minimum absolute atomic E-state index is 0.0308. The van der Waals surface area contributed by atoms with Crippen molar-refractivity contribution in [2.75, 3.05) is 29.5 Å². The maximum Gasteiger partial charge on any atom is 0.307 e. The van der Waals surface area contributed by atoms with E-state index in [0.717, 1.165) is 30.2 Å². The Hall–Kier alpha value is -2.02. The summed E-state index contributed by atoms with van der Waals surface area (Å²) in [6.45, 7) is 8.15. The molecule has 1 saturated carbocycles. The molecule has 1 aromatic carbocycles. The second-order valence-electron chi connectivity index (χ2n) is 9.59. The quantitative estimate of drug-likeness (QED) is 0.669. The van der Waals surface area contributed by atoms with Crippen LogP contribution in [0.5, 0.6) is 0 Å². The van der Waals surface area contributed by atoms with Gasteiger partial charge in [-0.3, -0.25) is 4.79 Å². The highest BCUT2D eigenvalue weighted by atomic mass is 32.2. The molecule has 2 aromatic rings. The third kappa shape index (κ3) is 4.76. The zero-order valence-electron chi connectivity index (χ0n) is 18.4. The average molecular weight is 447 g/mol. The summed E-state index contributed by atoms with van der Waals surface area (Å²) in [7, 11) is 0. The number of thioether (sulfide) groups is 1. The van der Waals surface area contributed by atoms with Crippen LogP contribution in [0.4, 0.5) is 10.1 Å². The zero-order chi connectivity index (χ0) is 22.2. The zero-order valence-corrected chi connectivity index (χ0v) is 19.3. The number of carboxylic acid groups (broad SMARTS) is 1. The number of hydrogen-bond acceptors (Lipinski definition) is 5. The Labute approximate surface area is 187 Å². The molecular formula is C24H31FN2O3S. The van der Waals surface area contributed by atoms with Gasteiger partial charge in [-0.25, -0.2) is 9.37 Å². The van der Waals surface area contributed by atoms with E-state index in [1.54, 1.807) is 0 Å². The van der Waals surface area contributed by atoms with Crippen LogP contribution in [0.15, 0.2) is 28.7 Å². The Kier molecular flexibility index (Phi) is 6.33. The second-order valence-corrected chi connectivity index (χ2v) is 10.8. The summed E-state index contributed by atoms with van der Waals surface area (Å²) in [6, 6.07) is 8.26. The normalized spacial score (nSPS) is 24.9. The van der Waals surface area contributed by atoms with E-state index in [9.17, 15) is 14.3 Å². The molecule has 2 aliphatic rings. The number of anilines is 1. The number of oxazole rings is 1. The second kappa shape index (κ2) is 8.85. The van der Waals surface area contributed by atoms with E-state index in [0.29, 0.717) is 30.2 Å². The molecule has 0 radical (unpaired) electrons. The summed E-state index contributed by atoms with van der Waals surface area (Å²) < 4.78 is 20.3. The third-order valence-corrected chi connectivity index (χ3v) is 7.20. The molecule has 2 heterocycles. The molecule has 0 bridgehead atoms. The van der Waals surface area contributed by atoms with E-state index in [-0.39, 0.29) is 17.8 Å². The van der Waals surface area contributed by atoms with Crippen molar-refractivity contribution in [3.8, 4) is 11.3 Å². The van der Waals surface area contributed by atoms with Crippen molar-refractivity contribution in [1.82, 2.24) is 4.98 Å². The summed E-state index contributed by atoms with van der Waals surface area (Å²) in [5.74, 6) is 1.38. The first kappa shape index (κ1) is 22.2. The van der Waals surface area contributed by atoms with Gasteiger partial charge in [0.05, 0.1) is 11.6 Å². The molecule has 1 saturated heterocycles. The van der Waals surface area contributed by atoms with Crippen molar-refractivity contribution >= 4 is 23.4 Å². The van der Waals surface area contributed by atoms with Gasteiger partial charge in [-0.1, -0.05) is 20.8 Å². The monoisotopic (exact) mass is 446 g/mol. The van der Waals surface area contributed by atoms with Crippen LogP contribution < -0.4 is 4.90 Å². The highest BCUT2D eigenvalue weighted by molar-refractivity contribution is 7.99. The highest BCUT2D eigenvalue weighted by Crippen LogP contribution is 2.44. The average Bonchev–Trinajstić information content (AvgIpc) is 3.20. The van der Waals surface area contributed by atoms with Crippen molar-refractivity contribution in [3.63, 3.8) is 0 Å². The Morgan fingerprint density at radius 1 is 1.19 bits per heavy atom. The maximum absolute atomic E-state index is 14.0. The summed E-state index contributed by atoms with van der Waals surface area (Å²) in [5.41, 5.74) is 2.42. The van der Waals surface area contributed by atoms with E-state index in [1.165, 1.54) is 5.69 Å². The molecule has 1 aliphatic carbocycles. The van der Waals surface area contributed by atoms with E-state index in [4.69, 9.17) is 9.40 Å². The van der Waals surface area contributed by atoms with Crippen LogP contribution in [0.25, 0.3) is 11.3 Å². The van der Waals surface area contributed by atoms with Crippen molar-refractivity contribution in [2.45, 2.75) is 57.5 Å². The molecular weight excluding hydrogens is 415 g/mol. The fourth-order valence-corrected chi connectivity index (χ4v) is 5.38. The first-order chi connectivity index (χ1) is 14.7. The number of carbonyl (C=O) groups is 1. The standard InChI is InChI=1S/C24H31FN2O3S/c1-24(2,3)23-26-20(18-9-6-16(25)14-19(18)22(28)29)21(30-23)15-4-7-17(8-5-15)27-10-12-31-13-11-27/h4-5,7-8,16,18-19H,6,9-14H2,1-3H3,(H,28,29)/t16-,18+,19+/m0/s1. The van der Waals surface area contributed by atoms with E-state index in [2.05, 4.69) is 17.0 Å². The van der Waals surface area contributed by atoms with Gasteiger partial charge in [0.25, 0.3) is 0 Å². The number of aliphatic carboxylic acids is 1. The molecule has 5 nitrogen and oxygen atoms in total. The Balaban J connectivity index is 1.71. The molecule has 0 unspecified atom stereocenters. The van der Waals surface area contributed by atoms with Crippen LogP contribution in [0, 0.1) is 5.92 Å². The molecule has 7 heteroatoms. The van der Waals surface area contributed by atoms with Crippen molar-refractivity contribution < 1.29 is 18.7 Å². The van der Waals surface area contributed by atoms with E-state index in [1.807, 2.05) is 44.7 Å². The van der Waals surface area contributed by atoms with Crippen LogP contribution in [0.1, 0.15) is 57.5 Å². The Morgan fingerprint density at radius 2 is 1.87 bits per heavy atom. The van der Waals surface area contributed by atoms with Gasteiger partial charge in [0.1, 0.15) is 6.17 Å². The van der Waals surface area contributed by atoms with Gasteiger partial charge in [0.2, 0.25) is 5.89 Å². The fraction of sp³-hybridized carbons (Fsp3) is 0.583. The summed E-state index contributed by atoms with van der Waals surface area (Å²) >= 11 is 1.98. The lowest BCUT2D eigenvalue weighted by molar-refractivity contribution is -0.144. The van der Waals surface area contributed by atoms with Gasteiger partial charge in [-0.05, 0) is 43.5 Å². The first-order valence-electron chi connectivity index (χ1n) is 11.0. The van der Waals surface area contributed by atoms with Crippen LogP contribution >= 0.6 is 11.8 Å². The number of hydrogen-bond donors (Lipinski definition) is 1. The number of nitrogens with zero attached hydrogens (tertiary/aromatic N) is 2. The van der Waals surface area contributed by atoms with Crippen LogP contribution in [-0.2, 0) is 10.2 Å². The largest absolute Gasteiger partial charge is 0.481 e. The minimum Gasteiger partial charge on any atom is -0.481 e. The van der Waals surface area contributed by atoms with Crippen molar-refractivity contribution in [2.24, 2.45) is 5.92 Å². The summed E-state index contributed by atoms with van der Waals surface area (Å²) in [5, 5.41) is 9.76. The van der Waals surface area contributed by atoms with Gasteiger partial charge in [-0.2, -0.15) is 11.8 Å². The molecule has 0 spiro atoms. The Bertz CT molecular complexity index is 916. The molecule has 1 aromatic heterocycles. The number of halogens is 1. The lowest BCUT2D eigenvalue weighted by Crippen LogP contribution is -2.32. The van der Waals surface area contributed by atoms with Crippen molar-refractivity contribution in [3.05, 3.63) is 35.9 Å². The molecule has 0 amide bonds. The number of carboxylic acids is 1. The van der Waals surface area contributed by atoms with Crippen LogP contribution in [0.2, 0.25) is 0 Å². The molecule has 168 valence electrons. The molecule has 2 fully saturated rings. The van der Waals surface area contributed by atoms with Crippen LogP contribution in [-0.4, -0.2) is 46.8 Å². The minimum atomic E-state index is -1.07. The van der Waals surface area contributed by atoms with Gasteiger partial charge in [0, 0.05) is 47.2 Å². The maximum atomic E-state index is 14.0.